The van der Waals surface area contributed by atoms with Gasteiger partial charge >= 0.3 is 0 Å². The van der Waals surface area contributed by atoms with Gasteiger partial charge in [0.1, 0.15) is 5.75 Å². The van der Waals surface area contributed by atoms with Gasteiger partial charge in [0.05, 0.1) is 12.4 Å². The Morgan fingerprint density at radius 1 is 0.973 bits per heavy atom. The van der Waals surface area contributed by atoms with Crippen molar-refractivity contribution >= 4 is 23.4 Å². The van der Waals surface area contributed by atoms with Crippen molar-refractivity contribution in [1.82, 2.24) is 14.8 Å². The van der Waals surface area contributed by atoms with Crippen molar-refractivity contribution < 1.29 is 9.53 Å². The third kappa shape index (κ3) is 6.41. The summed E-state index contributed by atoms with van der Waals surface area (Å²) in [5, 5.41) is 12.7. The van der Waals surface area contributed by atoms with Crippen molar-refractivity contribution in [3.8, 4) is 22.8 Å². The topological polar surface area (TPSA) is 69.0 Å². The van der Waals surface area contributed by atoms with E-state index in [2.05, 4.69) is 60.6 Å². The van der Waals surface area contributed by atoms with Crippen LogP contribution in [0.3, 0.4) is 0 Å². The van der Waals surface area contributed by atoms with Crippen molar-refractivity contribution in [3.05, 3.63) is 83.4 Å². The molecule has 37 heavy (non-hydrogen) atoms. The molecule has 1 N–H and O–H groups in total. The smallest absolute Gasteiger partial charge is 0.234 e. The van der Waals surface area contributed by atoms with Crippen LogP contribution in [-0.2, 0) is 10.2 Å². The van der Waals surface area contributed by atoms with Gasteiger partial charge in [0.15, 0.2) is 11.0 Å². The fraction of sp³-hybridized carbons (Fsp3) is 0.300. The Bertz CT molecular complexity index is 1370. The number of hydrogen-bond acceptors (Lipinski definition) is 5. The zero-order chi connectivity index (χ0) is 26.6. The van der Waals surface area contributed by atoms with E-state index in [9.17, 15) is 4.79 Å². The molecule has 4 rings (SSSR count). The molecule has 192 valence electrons. The highest BCUT2D eigenvalue weighted by atomic mass is 32.2. The van der Waals surface area contributed by atoms with Crippen molar-refractivity contribution in [3.63, 3.8) is 0 Å². The van der Waals surface area contributed by atoms with Crippen molar-refractivity contribution in [2.24, 2.45) is 0 Å². The van der Waals surface area contributed by atoms with Crippen LogP contribution in [0.25, 0.3) is 17.1 Å². The minimum absolute atomic E-state index is 0.0608. The van der Waals surface area contributed by atoms with E-state index >= 15 is 0 Å². The third-order valence-electron chi connectivity index (χ3n) is 6.05. The number of carbonyl (C=O) groups is 1. The minimum atomic E-state index is -0.0870. The molecule has 0 saturated carbocycles. The lowest BCUT2D eigenvalue weighted by molar-refractivity contribution is -0.113. The lowest BCUT2D eigenvalue weighted by atomic mass is 9.87. The SMILES string of the molecule is CCOc1ccc(-n2c(SCC(=O)Nc3cc(C)ccc3C)nnc2-c2ccc(C(C)(C)C)cc2)cc1. The fourth-order valence-electron chi connectivity index (χ4n) is 3.95. The average Bonchev–Trinajstić information content (AvgIpc) is 3.29. The van der Waals surface area contributed by atoms with Gasteiger partial charge in [-0.25, -0.2) is 0 Å². The summed E-state index contributed by atoms with van der Waals surface area (Å²) in [6, 6.07) is 22.3. The molecule has 4 aromatic rings. The lowest BCUT2D eigenvalue weighted by Crippen LogP contribution is -2.15. The molecule has 0 fully saturated rings. The largest absolute Gasteiger partial charge is 0.494 e. The van der Waals surface area contributed by atoms with E-state index in [4.69, 9.17) is 4.74 Å². The summed E-state index contributed by atoms with van der Waals surface area (Å²) in [4.78, 5) is 12.8. The molecule has 0 saturated heterocycles. The molecule has 0 aliphatic heterocycles. The first-order valence-electron chi connectivity index (χ1n) is 12.4. The molecule has 6 nitrogen and oxygen atoms in total. The van der Waals surface area contributed by atoms with Crippen LogP contribution in [0, 0.1) is 13.8 Å². The number of carbonyl (C=O) groups excluding carboxylic acids is 1. The second-order valence-corrected chi connectivity index (χ2v) is 11.0. The molecule has 0 atom stereocenters. The highest BCUT2D eigenvalue weighted by molar-refractivity contribution is 7.99. The Labute approximate surface area is 223 Å². The zero-order valence-electron chi connectivity index (χ0n) is 22.3. The molecule has 1 aromatic heterocycles. The maximum atomic E-state index is 12.8. The number of aryl methyl sites for hydroxylation is 2. The summed E-state index contributed by atoms with van der Waals surface area (Å²) < 4.78 is 7.62. The number of nitrogens with one attached hydrogen (secondary N) is 1. The molecule has 0 radical (unpaired) electrons. The van der Waals surface area contributed by atoms with E-state index < -0.39 is 0 Å². The highest BCUT2D eigenvalue weighted by Crippen LogP contribution is 2.31. The zero-order valence-corrected chi connectivity index (χ0v) is 23.1. The van der Waals surface area contributed by atoms with Crippen LogP contribution < -0.4 is 10.1 Å². The number of hydrogen-bond donors (Lipinski definition) is 1. The van der Waals surface area contributed by atoms with Crippen molar-refractivity contribution in [1.29, 1.82) is 0 Å². The standard InChI is InChI=1S/C30H34N4O2S/c1-7-36-25-16-14-24(15-17-25)34-28(22-10-12-23(13-11-22)30(4,5)6)32-33-29(34)37-19-27(35)31-26-18-20(2)8-9-21(26)3/h8-18H,7,19H2,1-6H3,(H,31,35). The molecule has 0 aliphatic rings. The van der Waals surface area contributed by atoms with E-state index in [1.54, 1.807) is 0 Å². The van der Waals surface area contributed by atoms with E-state index in [1.165, 1.54) is 17.3 Å². The van der Waals surface area contributed by atoms with E-state index in [0.717, 1.165) is 39.6 Å². The van der Waals surface area contributed by atoms with Crippen LogP contribution in [-0.4, -0.2) is 33.0 Å². The maximum Gasteiger partial charge on any atom is 0.234 e. The Balaban J connectivity index is 1.63. The fourth-order valence-corrected chi connectivity index (χ4v) is 4.70. The Kier molecular flexibility index (Phi) is 8.03. The van der Waals surface area contributed by atoms with Crippen LogP contribution in [0.1, 0.15) is 44.4 Å². The second-order valence-electron chi connectivity index (χ2n) is 10.1. The van der Waals surface area contributed by atoms with Gasteiger partial charge in [0.25, 0.3) is 0 Å². The minimum Gasteiger partial charge on any atom is -0.494 e. The van der Waals surface area contributed by atoms with Crippen molar-refractivity contribution in [2.75, 3.05) is 17.7 Å². The van der Waals surface area contributed by atoms with Gasteiger partial charge in [-0.2, -0.15) is 0 Å². The van der Waals surface area contributed by atoms with Gasteiger partial charge in [0.2, 0.25) is 5.91 Å². The predicted octanol–water partition coefficient (Wildman–Crippen LogP) is 6.98. The number of anilines is 1. The molecule has 0 unspecified atom stereocenters. The summed E-state index contributed by atoms with van der Waals surface area (Å²) in [5.74, 6) is 1.65. The van der Waals surface area contributed by atoms with Gasteiger partial charge in [-0.15, -0.1) is 10.2 Å². The first-order valence-corrected chi connectivity index (χ1v) is 13.4. The summed E-state index contributed by atoms with van der Waals surface area (Å²) in [6.07, 6.45) is 0. The van der Waals surface area contributed by atoms with Gasteiger partial charge in [0, 0.05) is 16.9 Å². The normalized spacial score (nSPS) is 11.4. The number of ether oxygens (including phenoxy) is 1. The first-order chi connectivity index (χ1) is 17.7. The van der Waals surface area contributed by atoms with E-state index in [-0.39, 0.29) is 17.1 Å². The summed E-state index contributed by atoms with van der Waals surface area (Å²) in [5.41, 5.74) is 6.14. The van der Waals surface area contributed by atoms with Gasteiger partial charge in [-0.1, -0.05) is 68.9 Å². The monoisotopic (exact) mass is 514 g/mol. The molecule has 0 bridgehead atoms. The van der Waals surface area contributed by atoms with Gasteiger partial charge < -0.3 is 10.1 Å². The predicted molar refractivity (Wildman–Crippen MR) is 152 cm³/mol. The molecule has 1 amide bonds. The van der Waals surface area contributed by atoms with Crippen LogP contribution in [0.5, 0.6) is 5.75 Å². The molecule has 0 aliphatic carbocycles. The average molecular weight is 515 g/mol. The van der Waals surface area contributed by atoms with Crippen LogP contribution in [0.4, 0.5) is 5.69 Å². The van der Waals surface area contributed by atoms with Crippen LogP contribution in [0.15, 0.2) is 71.9 Å². The summed E-state index contributed by atoms with van der Waals surface area (Å²) in [7, 11) is 0. The quantitative estimate of drug-likeness (QED) is 0.257. The molecule has 1 heterocycles. The molecular formula is C30H34N4O2S. The first kappa shape index (κ1) is 26.5. The Morgan fingerprint density at radius 3 is 2.32 bits per heavy atom. The number of benzene rings is 3. The van der Waals surface area contributed by atoms with E-state index in [1.807, 2.05) is 67.8 Å². The number of thioether (sulfide) groups is 1. The van der Waals surface area contributed by atoms with E-state index in [0.29, 0.717) is 11.8 Å². The van der Waals surface area contributed by atoms with Gasteiger partial charge in [-0.05, 0) is 73.2 Å². The molecular weight excluding hydrogens is 480 g/mol. The Hall–Kier alpha value is -3.58. The second kappa shape index (κ2) is 11.2. The maximum absolute atomic E-state index is 12.8. The number of amides is 1. The van der Waals surface area contributed by atoms with Gasteiger partial charge in [-0.3, -0.25) is 9.36 Å². The number of aromatic nitrogens is 3. The summed E-state index contributed by atoms with van der Waals surface area (Å²) in [6.45, 7) is 13.2. The number of rotatable bonds is 8. The Morgan fingerprint density at radius 2 is 1.68 bits per heavy atom. The third-order valence-corrected chi connectivity index (χ3v) is 6.98. The molecule has 0 spiro atoms. The number of nitrogens with zero attached hydrogens (tertiary/aromatic N) is 3. The summed E-state index contributed by atoms with van der Waals surface area (Å²) >= 11 is 1.36. The highest BCUT2D eigenvalue weighted by Gasteiger charge is 2.19. The molecule has 7 heteroatoms. The van der Waals surface area contributed by atoms with Crippen LogP contribution >= 0.6 is 11.8 Å². The van der Waals surface area contributed by atoms with Crippen molar-refractivity contribution in [2.45, 2.75) is 52.1 Å². The lowest BCUT2D eigenvalue weighted by Gasteiger charge is -2.19. The molecule has 3 aromatic carbocycles. The van der Waals surface area contributed by atoms with Crippen LogP contribution in [0.2, 0.25) is 0 Å².